The van der Waals surface area contributed by atoms with Crippen molar-refractivity contribution in [3.8, 4) is 11.3 Å². The number of fused-ring (bicyclic) bond motifs is 3. The van der Waals surface area contributed by atoms with Crippen molar-refractivity contribution in [3.63, 3.8) is 0 Å². The van der Waals surface area contributed by atoms with E-state index in [1.165, 1.54) is 6.92 Å². The molecule has 5 rings (SSSR count). The summed E-state index contributed by atoms with van der Waals surface area (Å²) in [5.41, 5.74) is 1.32. The number of carbonyl (C=O) groups excluding carboxylic acids is 2. The van der Waals surface area contributed by atoms with Crippen LogP contribution in [-0.4, -0.2) is 42.3 Å². The van der Waals surface area contributed by atoms with Gasteiger partial charge in [-0.1, -0.05) is 24.3 Å². The Labute approximate surface area is 147 Å². The van der Waals surface area contributed by atoms with Crippen LogP contribution in [0.1, 0.15) is 40.7 Å². The van der Waals surface area contributed by atoms with Crippen LogP contribution in [0, 0.1) is 5.92 Å². The fraction of sp³-hybridized carbons (Fsp3) is 0.400. The lowest BCUT2D eigenvalue weighted by Gasteiger charge is -2.44. The van der Waals surface area contributed by atoms with Crippen molar-refractivity contribution >= 4 is 11.7 Å². The number of Topliss-reactive ketones (excluding diaryl/α,β-unsaturated/α-hetero) is 1. The molecule has 2 aromatic rings. The Morgan fingerprint density at radius 1 is 1.12 bits per heavy atom. The Balaban J connectivity index is 1.51. The standard InChI is InChI=1S/C20H22N2O3/c1-13(23)15-4-2-3-5-16(15)18-6-7-19(25-18)20(24)21-17-12-22-10-8-14(17)9-11-22/h2-7,14,17H,8-12H2,1H3,(H,21,24)/t17-/m0/s1. The van der Waals surface area contributed by atoms with Gasteiger partial charge in [0.05, 0.1) is 0 Å². The monoisotopic (exact) mass is 338 g/mol. The summed E-state index contributed by atoms with van der Waals surface area (Å²) in [7, 11) is 0. The summed E-state index contributed by atoms with van der Waals surface area (Å²) in [5, 5.41) is 3.13. The Bertz CT molecular complexity index is 803. The van der Waals surface area contributed by atoms with Crippen molar-refractivity contribution in [2.45, 2.75) is 25.8 Å². The second-order valence-electron chi connectivity index (χ2n) is 6.98. The van der Waals surface area contributed by atoms with Crippen LogP contribution in [0.25, 0.3) is 11.3 Å². The molecule has 1 aromatic carbocycles. The largest absolute Gasteiger partial charge is 0.451 e. The van der Waals surface area contributed by atoms with Crippen LogP contribution in [0.3, 0.4) is 0 Å². The molecule has 1 aromatic heterocycles. The number of amides is 1. The maximum atomic E-state index is 12.6. The van der Waals surface area contributed by atoms with E-state index in [0.29, 0.717) is 23.0 Å². The molecule has 25 heavy (non-hydrogen) atoms. The van der Waals surface area contributed by atoms with Crippen LogP contribution in [0.5, 0.6) is 0 Å². The van der Waals surface area contributed by atoms with Gasteiger partial charge < -0.3 is 14.6 Å². The quantitative estimate of drug-likeness (QED) is 0.871. The first-order valence-corrected chi connectivity index (χ1v) is 8.85. The molecule has 0 radical (unpaired) electrons. The summed E-state index contributed by atoms with van der Waals surface area (Å²) < 4.78 is 5.77. The zero-order valence-electron chi connectivity index (χ0n) is 14.3. The third kappa shape index (κ3) is 3.12. The van der Waals surface area contributed by atoms with Crippen LogP contribution in [0.2, 0.25) is 0 Å². The average Bonchev–Trinajstić information content (AvgIpc) is 3.13. The Morgan fingerprint density at radius 2 is 1.88 bits per heavy atom. The van der Waals surface area contributed by atoms with Crippen LogP contribution >= 0.6 is 0 Å². The molecule has 3 saturated heterocycles. The van der Waals surface area contributed by atoms with E-state index in [4.69, 9.17) is 4.42 Å². The molecule has 5 heteroatoms. The molecule has 0 aliphatic carbocycles. The molecule has 1 amide bonds. The lowest BCUT2D eigenvalue weighted by molar-refractivity contribution is 0.0606. The van der Waals surface area contributed by atoms with Crippen molar-refractivity contribution in [1.82, 2.24) is 10.2 Å². The van der Waals surface area contributed by atoms with Gasteiger partial charge in [-0.3, -0.25) is 9.59 Å². The highest BCUT2D eigenvalue weighted by Gasteiger charge is 2.35. The zero-order chi connectivity index (χ0) is 17.4. The van der Waals surface area contributed by atoms with E-state index in [-0.39, 0.29) is 17.7 Å². The minimum Gasteiger partial charge on any atom is -0.451 e. The van der Waals surface area contributed by atoms with Gasteiger partial charge in [0.2, 0.25) is 0 Å². The maximum absolute atomic E-state index is 12.6. The summed E-state index contributed by atoms with van der Waals surface area (Å²) in [5.74, 6) is 1.21. The van der Waals surface area contributed by atoms with E-state index in [0.717, 1.165) is 38.0 Å². The van der Waals surface area contributed by atoms with E-state index >= 15 is 0 Å². The van der Waals surface area contributed by atoms with Crippen molar-refractivity contribution in [3.05, 3.63) is 47.7 Å². The molecule has 0 spiro atoms. The van der Waals surface area contributed by atoms with Gasteiger partial charge >= 0.3 is 0 Å². The first-order chi connectivity index (χ1) is 12.1. The number of carbonyl (C=O) groups is 2. The van der Waals surface area contributed by atoms with Gasteiger partial charge in [0.25, 0.3) is 5.91 Å². The normalized spacial score (nSPS) is 24.9. The SMILES string of the molecule is CC(=O)c1ccccc1-c1ccc(C(=O)N[C@H]2CN3CCC2CC3)o1. The van der Waals surface area contributed by atoms with Crippen molar-refractivity contribution < 1.29 is 14.0 Å². The third-order valence-electron chi connectivity index (χ3n) is 5.37. The number of hydrogen-bond acceptors (Lipinski definition) is 4. The molecule has 1 atom stereocenters. The second-order valence-corrected chi connectivity index (χ2v) is 6.98. The predicted octanol–water partition coefficient (Wildman–Crippen LogP) is 2.97. The summed E-state index contributed by atoms with van der Waals surface area (Å²) in [6.07, 6.45) is 2.31. The maximum Gasteiger partial charge on any atom is 0.287 e. The van der Waals surface area contributed by atoms with Gasteiger partial charge in [0.1, 0.15) is 5.76 Å². The molecule has 1 N–H and O–H groups in total. The first-order valence-electron chi connectivity index (χ1n) is 8.85. The van der Waals surface area contributed by atoms with Crippen LogP contribution in [0.4, 0.5) is 0 Å². The predicted molar refractivity (Wildman–Crippen MR) is 94.6 cm³/mol. The third-order valence-corrected chi connectivity index (χ3v) is 5.37. The van der Waals surface area contributed by atoms with Crippen molar-refractivity contribution in [2.24, 2.45) is 5.92 Å². The van der Waals surface area contributed by atoms with Gasteiger partial charge in [-0.2, -0.15) is 0 Å². The van der Waals surface area contributed by atoms with E-state index in [1.54, 1.807) is 18.2 Å². The highest BCUT2D eigenvalue weighted by molar-refractivity contribution is 6.00. The molecule has 3 aliphatic heterocycles. The Hall–Kier alpha value is -2.40. The summed E-state index contributed by atoms with van der Waals surface area (Å²) in [4.78, 5) is 26.8. The molecule has 5 nitrogen and oxygen atoms in total. The zero-order valence-corrected chi connectivity index (χ0v) is 14.3. The fourth-order valence-corrected chi connectivity index (χ4v) is 3.98. The Kier molecular flexibility index (Phi) is 4.17. The number of furan rings is 1. The highest BCUT2D eigenvalue weighted by atomic mass is 16.4. The summed E-state index contributed by atoms with van der Waals surface area (Å²) in [6, 6.07) is 10.9. The summed E-state index contributed by atoms with van der Waals surface area (Å²) >= 11 is 0. The number of nitrogens with one attached hydrogen (secondary N) is 1. The highest BCUT2D eigenvalue weighted by Crippen LogP contribution is 2.29. The number of rotatable bonds is 4. The van der Waals surface area contributed by atoms with E-state index in [1.807, 2.05) is 18.2 Å². The lowest BCUT2D eigenvalue weighted by atomic mass is 9.84. The minimum atomic E-state index is -0.176. The van der Waals surface area contributed by atoms with Crippen molar-refractivity contribution in [2.75, 3.05) is 19.6 Å². The van der Waals surface area contributed by atoms with Crippen LogP contribution in [-0.2, 0) is 0 Å². The minimum absolute atomic E-state index is 0.0229. The molecule has 4 heterocycles. The molecule has 2 bridgehead atoms. The molecule has 3 fully saturated rings. The fourth-order valence-electron chi connectivity index (χ4n) is 3.98. The number of piperidine rings is 3. The molecule has 0 unspecified atom stereocenters. The van der Waals surface area contributed by atoms with Crippen LogP contribution < -0.4 is 5.32 Å². The van der Waals surface area contributed by atoms with E-state index in [2.05, 4.69) is 10.2 Å². The van der Waals surface area contributed by atoms with Gasteiger partial charge in [0.15, 0.2) is 11.5 Å². The van der Waals surface area contributed by atoms with Gasteiger partial charge in [-0.05, 0) is 50.9 Å². The average molecular weight is 338 g/mol. The first kappa shape index (κ1) is 16.1. The Morgan fingerprint density at radius 3 is 2.56 bits per heavy atom. The van der Waals surface area contributed by atoms with Crippen molar-refractivity contribution in [1.29, 1.82) is 0 Å². The van der Waals surface area contributed by atoms with Gasteiger partial charge in [0, 0.05) is 23.7 Å². The lowest BCUT2D eigenvalue weighted by Crippen LogP contribution is -2.57. The molecule has 130 valence electrons. The van der Waals surface area contributed by atoms with Gasteiger partial charge in [-0.15, -0.1) is 0 Å². The molecular weight excluding hydrogens is 316 g/mol. The number of nitrogens with zero attached hydrogens (tertiary/aromatic N) is 1. The second kappa shape index (κ2) is 6.48. The number of ketones is 1. The van der Waals surface area contributed by atoms with Crippen LogP contribution in [0.15, 0.2) is 40.8 Å². The number of hydrogen-bond donors (Lipinski definition) is 1. The smallest absolute Gasteiger partial charge is 0.287 e. The summed E-state index contributed by atoms with van der Waals surface area (Å²) in [6.45, 7) is 4.74. The molecular formula is C20H22N2O3. The topological polar surface area (TPSA) is 62.6 Å². The molecule has 3 aliphatic rings. The van der Waals surface area contributed by atoms with E-state index < -0.39 is 0 Å². The molecule has 0 saturated carbocycles. The van der Waals surface area contributed by atoms with Gasteiger partial charge in [-0.25, -0.2) is 0 Å². The number of benzene rings is 1. The van der Waals surface area contributed by atoms with E-state index in [9.17, 15) is 9.59 Å².